The number of methoxy groups -OCH3 is 1. The minimum absolute atomic E-state index is 0.521. The van der Waals surface area contributed by atoms with E-state index in [1.54, 1.807) is 19.5 Å². The zero-order valence-electron chi connectivity index (χ0n) is 15.0. The smallest absolute Gasteiger partial charge is 0.148 e. The highest BCUT2D eigenvalue weighted by Gasteiger charge is 2.13. The van der Waals surface area contributed by atoms with Crippen molar-refractivity contribution in [3.63, 3.8) is 0 Å². The van der Waals surface area contributed by atoms with Gasteiger partial charge in [0.05, 0.1) is 29.4 Å². The maximum absolute atomic E-state index is 9.49. The number of fused-ring (bicyclic) bond motifs is 1. The van der Waals surface area contributed by atoms with Crippen molar-refractivity contribution < 1.29 is 4.74 Å². The van der Waals surface area contributed by atoms with E-state index in [0.29, 0.717) is 17.1 Å². The molecule has 0 aliphatic carbocycles. The molecule has 0 saturated heterocycles. The highest BCUT2D eigenvalue weighted by Crippen LogP contribution is 2.27. The lowest BCUT2D eigenvalue weighted by Gasteiger charge is -2.21. The molecule has 6 heteroatoms. The van der Waals surface area contributed by atoms with Crippen LogP contribution in [0.2, 0.25) is 0 Å². The molecule has 0 amide bonds. The zero-order chi connectivity index (χ0) is 18.8. The number of nitrogens with zero attached hydrogens (tertiary/aromatic N) is 5. The Balaban J connectivity index is 1.78. The fourth-order valence-corrected chi connectivity index (χ4v) is 2.98. The Kier molecular flexibility index (Phi) is 4.19. The number of nitriles is 1. The SMILES string of the molecule is COc1ccc(-c2nc(N(C)n3cnc4ccccc43)ccc2C#N)cc1. The summed E-state index contributed by atoms with van der Waals surface area (Å²) in [7, 11) is 3.54. The molecule has 0 bridgehead atoms. The van der Waals surface area contributed by atoms with Crippen molar-refractivity contribution in [1.29, 1.82) is 5.26 Å². The van der Waals surface area contributed by atoms with E-state index in [1.165, 1.54) is 0 Å². The minimum atomic E-state index is 0.521. The Morgan fingerprint density at radius 1 is 1.04 bits per heavy atom. The molecule has 0 aliphatic heterocycles. The average molecular weight is 355 g/mol. The molecule has 0 atom stereocenters. The predicted molar refractivity (Wildman–Crippen MR) is 104 cm³/mol. The van der Waals surface area contributed by atoms with Gasteiger partial charge in [-0.25, -0.2) is 14.6 Å². The largest absolute Gasteiger partial charge is 0.497 e. The maximum Gasteiger partial charge on any atom is 0.148 e. The van der Waals surface area contributed by atoms with Crippen LogP contribution in [-0.4, -0.2) is 28.8 Å². The number of anilines is 1. The lowest BCUT2D eigenvalue weighted by atomic mass is 10.1. The molecule has 2 heterocycles. The van der Waals surface area contributed by atoms with E-state index in [-0.39, 0.29) is 0 Å². The standard InChI is InChI=1S/C21H17N5O/c1-25(26-14-23-18-5-3-4-6-19(18)26)20-12-9-16(13-22)21(24-20)15-7-10-17(27-2)11-8-15/h3-12,14H,1-2H3. The van der Waals surface area contributed by atoms with Crippen LogP contribution in [0.15, 0.2) is 67.0 Å². The van der Waals surface area contributed by atoms with Gasteiger partial charge in [0.1, 0.15) is 24.0 Å². The quantitative estimate of drug-likeness (QED) is 0.556. The molecule has 4 rings (SSSR count). The van der Waals surface area contributed by atoms with Gasteiger partial charge in [-0.2, -0.15) is 5.26 Å². The summed E-state index contributed by atoms with van der Waals surface area (Å²) in [5, 5.41) is 11.4. The Morgan fingerprint density at radius 3 is 2.56 bits per heavy atom. The third kappa shape index (κ3) is 2.96. The molecular weight excluding hydrogens is 338 g/mol. The van der Waals surface area contributed by atoms with Gasteiger partial charge >= 0.3 is 0 Å². The number of pyridine rings is 1. The van der Waals surface area contributed by atoms with E-state index in [2.05, 4.69) is 11.1 Å². The first-order valence-corrected chi connectivity index (χ1v) is 8.43. The fraction of sp³-hybridized carbons (Fsp3) is 0.0952. The van der Waals surface area contributed by atoms with Gasteiger partial charge in [-0.15, -0.1) is 0 Å². The predicted octanol–water partition coefficient (Wildman–Crippen LogP) is 3.88. The molecule has 0 spiro atoms. The number of imidazole rings is 1. The van der Waals surface area contributed by atoms with Gasteiger partial charge in [0, 0.05) is 12.6 Å². The molecule has 0 unspecified atom stereocenters. The van der Waals surface area contributed by atoms with Crippen molar-refractivity contribution in [2.75, 3.05) is 19.2 Å². The van der Waals surface area contributed by atoms with Crippen LogP contribution >= 0.6 is 0 Å². The first-order chi connectivity index (χ1) is 13.2. The van der Waals surface area contributed by atoms with E-state index < -0.39 is 0 Å². The van der Waals surface area contributed by atoms with Crippen molar-refractivity contribution in [3.8, 4) is 23.1 Å². The number of ether oxygens (including phenoxy) is 1. The number of aromatic nitrogens is 3. The molecule has 2 aromatic carbocycles. The maximum atomic E-state index is 9.49. The van der Waals surface area contributed by atoms with Crippen LogP contribution in [0.25, 0.3) is 22.3 Å². The highest BCUT2D eigenvalue weighted by atomic mass is 16.5. The van der Waals surface area contributed by atoms with Crippen molar-refractivity contribution in [3.05, 3.63) is 72.6 Å². The number of benzene rings is 2. The van der Waals surface area contributed by atoms with Crippen LogP contribution in [0.3, 0.4) is 0 Å². The molecule has 0 fully saturated rings. The van der Waals surface area contributed by atoms with Gasteiger partial charge in [0.25, 0.3) is 0 Å². The summed E-state index contributed by atoms with van der Waals surface area (Å²) in [4.78, 5) is 9.17. The second-order valence-electron chi connectivity index (χ2n) is 6.01. The van der Waals surface area contributed by atoms with E-state index in [9.17, 15) is 5.26 Å². The lowest BCUT2D eigenvalue weighted by molar-refractivity contribution is 0.415. The average Bonchev–Trinajstić information content (AvgIpc) is 3.17. The van der Waals surface area contributed by atoms with Crippen molar-refractivity contribution in [2.24, 2.45) is 0 Å². The molecule has 0 saturated carbocycles. The minimum Gasteiger partial charge on any atom is -0.497 e. The Morgan fingerprint density at radius 2 is 1.81 bits per heavy atom. The van der Waals surface area contributed by atoms with Crippen molar-refractivity contribution >= 4 is 16.9 Å². The molecular formula is C21H17N5O. The van der Waals surface area contributed by atoms with Crippen LogP contribution < -0.4 is 9.75 Å². The topological polar surface area (TPSA) is 67.0 Å². The van der Waals surface area contributed by atoms with Crippen molar-refractivity contribution in [1.82, 2.24) is 14.6 Å². The normalized spacial score (nSPS) is 10.6. The monoisotopic (exact) mass is 355 g/mol. The number of hydrogen-bond donors (Lipinski definition) is 0. The fourth-order valence-electron chi connectivity index (χ4n) is 2.98. The second-order valence-corrected chi connectivity index (χ2v) is 6.01. The van der Waals surface area contributed by atoms with Crippen LogP contribution in [0, 0.1) is 11.3 Å². The molecule has 4 aromatic rings. The third-order valence-corrected chi connectivity index (χ3v) is 4.45. The Labute approximate surface area is 156 Å². The molecule has 132 valence electrons. The molecule has 0 N–H and O–H groups in total. The molecule has 0 radical (unpaired) electrons. The molecule has 6 nitrogen and oxygen atoms in total. The molecule has 27 heavy (non-hydrogen) atoms. The third-order valence-electron chi connectivity index (χ3n) is 4.45. The van der Waals surface area contributed by atoms with E-state index in [4.69, 9.17) is 9.72 Å². The highest BCUT2D eigenvalue weighted by molar-refractivity contribution is 5.76. The van der Waals surface area contributed by atoms with Gasteiger partial charge in [0.2, 0.25) is 0 Å². The van der Waals surface area contributed by atoms with E-state index >= 15 is 0 Å². The van der Waals surface area contributed by atoms with Crippen LogP contribution in [0.1, 0.15) is 5.56 Å². The first-order valence-electron chi connectivity index (χ1n) is 8.43. The first kappa shape index (κ1) is 16.6. The Hall–Kier alpha value is -3.85. The van der Waals surface area contributed by atoms with Crippen LogP contribution in [-0.2, 0) is 0 Å². The summed E-state index contributed by atoms with van der Waals surface area (Å²) in [6, 6.07) is 21.3. The number of hydrogen-bond acceptors (Lipinski definition) is 5. The van der Waals surface area contributed by atoms with Crippen LogP contribution in [0.5, 0.6) is 5.75 Å². The summed E-state index contributed by atoms with van der Waals surface area (Å²) in [6.07, 6.45) is 1.76. The van der Waals surface area contributed by atoms with Crippen LogP contribution in [0.4, 0.5) is 5.82 Å². The molecule has 0 aliphatic rings. The van der Waals surface area contributed by atoms with Crippen molar-refractivity contribution in [2.45, 2.75) is 0 Å². The summed E-state index contributed by atoms with van der Waals surface area (Å²) in [5.41, 5.74) is 3.91. The number of para-hydroxylation sites is 2. The van der Waals surface area contributed by atoms with E-state index in [1.807, 2.05) is 71.3 Å². The van der Waals surface area contributed by atoms with Gasteiger partial charge in [-0.3, -0.25) is 5.01 Å². The van der Waals surface area contributed by atoms with E-state index in [0.717, 1.165) is 22.3 Å². The number of rotatable bonds is 4. The zero-order valence-corrected chi connectivity index (χ0v) is 15.0. The lowest BCUT2D eigenvalue weighted by Crippen LogP contribution is -2.24. The van der Waals surface area contributed by atoms with Gasteiger partial charge in [0.15, 0.2) is 0 Å². The van der Waals surface area contributed by atoms with Gasteiger partial charge < -0.3 is 4.74 Å². The second kappa shape index (κ2) is 6.81. The summed E-state index contributed by atoms with van der Waals surface area (Å²) < 4.78 is 7.14. The molecule has 2 aromatic heterocycles. The van der Waals surface area contributed by atoms with Gasteiger partial charge in [-0.1, -0.05) is 12.1 Å². The van der Waals surface area contributed by atoms with Gasteiger partial charge in [-0.05, 0) is 48.5 Å². The summed E-state index contributed by atoms with van der Waals surface area (Å²) >= 11 is 0. The summed E-state index contributed by atoms with van der Waals surface area (Å²) in [6.45, 7) is 0. The summed E-state index contributed by atoms with van der Waals surface area (Å²) in [5.74, 6) is 1.47. The Bertz CT molecular complexity index is 1140.